The van der Waals surface area contributed by atoms with E-state index in [-0.39, 0.29) is 37.3 Å². The molecule has 2 rings (SSSR count). The van der Waals surface area contributed by atoms with Crippen molar-refractivity contribution in [1.29, 1.82) is 0 Å². The Labute approximate surface area is 236 Å². The number of phenolic OH excluding ortho intramolecular Hbond substituents is 1. The van der Waals surface area contributed by atoms with Gasteiger partial charge in [0.2, 0.25) is 11.8 Å². The van der Waals surface area contributed by atoms with Gasteiger partial charge in [-0.3, -0.25) is 14.4 Å². The van der Waals surface area contributed by atoms with Crippen LogP contribution in [0.1, 0.15) is 65.1 Å². The van der Waals surface area contributed by atoms with Gasteiger partial charge < -0.3 is 30.1 Å². The second-order valence-electron chi connectivity index (χ2n) is 10.5. The Morgan fingerprint density at radius 2 is 1.60 bits per heavy atom. The first-order chi connectivity index (χ1) is 18.8. The predicted octanol–water partition coefficient (Wildman–Crippen LogP) is 3.88. The fraction of sp³-hybridized carbons (Fsp3) is 0.467. The van der Waals surface area contributed by atoms with E-state index in [9.17, 15) is 24.3 Å². The van der Waals surface area contributed by atoms with E-state index in [1.165, 1.54) is 11.0 Å². The standard InChI is InChI=1S/C30H41N3O7/c1-7-39-25(35)17-18-31-27(36)26(22-15-11-12-16-24(22)34)33(20(2)3)28(37)23(19-21-13-9-8-10-14-21)32-29(38)40-30(4,5)6/h8-16,20,23,26,34H,7,17-19H2,1-6H3,(H,31,36)(H,32,38). The van der Waals surface area contributed by atoms with Gasteiger partial charge >= 0.3 is 12.1 Å². The molecule has 3 amide bonds. The van der Waals surface area contributed by atoms with Crippen LogP contribution in [0.3, 0.4) is 0 Å². The van der Waals surface area contributed by atoms with Crippen LogP contribution >= 0.6 is 0 Å². The molecular formula is C30H41N3O7. The lowest BCUT2D eigenvalue weighted by Crippen LogP contribution is -2.55. The molecule has 0 aliphatic carbocycles. The van der Waals surface area contributed by atoms with Crippen LogP contribution in [-0.4, -0.2) is 64.7 Å². The van der Waals surface area contributed by atoms with E-state index in [2.05, 4.69) is 10.6 Å². The summed E-state index contributed by atoms with van der Waals surface area (Å²) >= 11 is 0. The number of rotatable bonds is 12. The van der Waals surface area contributed by atoms with E-state index in [4.69, 9.17) is 9.47 Å². The second kappa shape index (κ2) is 14.9. The van der Waals surface area contributed by atoms with Gasteiger partial charge in [0.25, 0.3) is 0 Å². The lowest BCUT2D eigenvalue weighted by atomic mass is 9.98. The molecule has 2 aromatic rings. The van der Waals surface area contributed by atoms with Crippen molar-refractivity contribution in [3.8, 4) is 5.75 Å². The maximum absolute atomic E-state index is 14.2. The van der Waals surface area contributed by atoms with Crippen LogP contribution in [0.25, 0.3) is 0 Å². The molecule has 3 N–H and O–H groups in total. The van der Waals surface area contributed by atoms with Gasteiger partial charge in [-0.1, -0.05) is 48.5 Å². The number of carbonyl (C=O) groups excluding carboxylic acids is 4. The number of nitrogens with zero attached hydrogens (tertiary/aromatic N) is 1. The minimum absolute atomic E-state index is 0.0223. The van der Waals surface area contributed by atoms with Gasteiger partial charge in [0.05, 0.1) is 13.0 Å². The summed E-state index contributed by atoms with van der Waals surface area (Å²) in [6.07, 6.45) is -0.692. The Morgan fingerprint density at radius 1 is 0.975 bits per heavy atom. The average Bonchev–Trinajstić information content (AvgIpc) is 2.86. The average molecular weight is 556 g/mol. The molecule has 10 nitrogen and oxygen atoms in total. The maximum atomic E-state index is 14.2. The highest BCUT2D eigenvalue weighted by Crippen LogP contribution is 2.31. The lowest BCUT2D eigenvalue weighted by Gasteiger charge is -2.37. The number of phenols is 1. The Morgan fingerprint density at radius 3 is 2.17 bits per heavy atom. The molecule has 0 aromatic heterocycles. The highest BCUT2D eigenvalue weighted by Gasteiger charge is 2.39. The molecule has 2 atom stereocenters. The fourth-order valence-electron chi connectivity index (χ4n) is 4.11. The monoisotopic (exact) mass is 555 g/mol. The van der Waals surface area contributed by atoms with Crippen LogP contribution in [-0.2, 0) is 30.3 Å². The van der Waals surface area contributed by atoms with Crippen LogP contribution in [0.5, 0.6) is 5.75 Å². The van der Waals surface area contributed by atoms with Crippen LogP contribution in [0.15, 0.2) is 54.6 Å². The van der Waals surface area contributed by atoms with E-state index in [1.54, 1.807) is 59.7 Å². The van der Waals surface area contributed by atoms with Crippen molar-refractivity contribution in [2.75, 3.05) is 13.2 Å². The number of para-hydroxylation sites is 1. The van der Waals surface area contributed by atoms with Crippen molar-refractivity contribution >= 4 is 23.9 Å². The van der Waals surface area contributed by atoms with Crippen molar-refractivity contribution < 1.29 is 33.8 Å². The summed E-state index contributed by atoms with van der Waals surface area (Å²) in [4.78, 5) is 53.7. The number of amides is 3. The molecule has 218 valence electrons. The van der Waals surface area contributed by atoms with Crippen LogP contribution in [0, 0.1) is 0 Å². The molecular weight excluding hydrogens is 514 g/mol. The summed E-state index contributed by atoms with van der Waals surface area (Å²) in [7, 11) is 0. The van der Waals surface area contributed by atoms with Crippen molar-refractivity contribution in [2.45, 2.75) is 78.1 Å². The van der Waals surface area contributed by atoms with Crippen LogP contribution in [0.4, 0.5) is 4.79 Å². The van der Waals surface area contributed by atoms with Gasteiger partial charge in [-0.25, -0.2) is 4.79 Å². The van der Waals surface area contributed by atoms with Crippen LogP contribution in [0.2, 0.25) is 0 Å². The maximum Gasteiger partial charge on any atom is 0.408 e. The molecule has 0 radical (unpaired) electrons. The molecule has 0 saturated heterocycles. The minimum atomic E-state index is -1.25. The molecule has 2 aromatic carbocycles. The molecule has 2 unspecified atom stereocenters. The number of ether oxygens (including phenoxy) is 2. The molecule has 0 aliphatic rings. The van der Waals surface area contributed by atoms with Crippen molar-refractivity contribution in [3.05, 3.63) is 65.7 Å². The molecule has 0 saturated carbocycles. The zero-order valence-electron chi connectivity index (χ0n) is 24.1. The Balaban J connectivity index is 2.47. The number of carbonyl (C=O) groups is 4. The number of aromatic hydroxyl groups is 1. The first-order valence-electron chi connectivity index (χ1n) is 13.4. The normalized spacial score (nSPS) is 12.7. The number of alkyl carbamates (subject to hydrolysis) is 1. The lowest BCUT2D eigenvalue weighted by molar-refractivity contribution is -0.145. The molecule has 0 aliphatic heterocycles. The Bertz CT molecular complexity index is 1150. The Hall–Kier alpha value is -4.08. The molecule has 0 spiro atoms. The second-order valence-corrected chi connectivity index (χ2v) is 10.5. The fourth-order valence-corrected chi connectivity index (χ4v) is 4.11. The summed E-state index contributed by atoms with van der Waals surface area (Å²) in [6, 6.07) is 12.5. The smallest absolute Gasteiger partial charge is 0.408 e. The zero-order valence-corrected chi connectivity index (χ0v) is 24.1. The topological polar surface area (TPSA) is 134 Å². The van der Waals surface area contributed by atoms with Crippen molar-refractivity contribution in [1.82, 2.24) is 15.5 Å². The number of benzene rings is 2. The van der Waals surface area contributed by atoms with Gasteiger partial charge in [-0.05, 0) is 53.2 Å². The van der Waals surface area contributed by atoms with Gasteiger partial charge in [0.15, 0.2) is 0 Å². The van der Waals surface area contributed by atoms with Crippen molar-refractivity contribution in [2.24, 2.45) is 0 Å². The molecule has 0 bridgehead atoms. The quantitative estimate of drug-likeness (QED) is 0.339. The summed E-state index contributed by atoms with van der Waals surface area (Å²) in [6.45, 7) is 10.5. The number of esters is 1. The highest BCUT2D eigenvalue weighted by atomic mass is 16.6. The van der Waals surface area contributed by atoms with E-state index in [0.29, 0.717) is 0 Å². The third kappa shape index (κ3) is 9.91. The van der Waals surface area contributed by atoms with Gasteiger partial charge in [-0.15, -0.1) is 0 Å². The third-order valence-corrected chi connectivity index (χ3v) is 5.77. The summed E-state index contributed by atoms with van der Waals surface area (Å²) in [5.74, 6) is -1.78. The predicted molar refractivity (Wildman–Crippen MR) is 150 cm³/mol. The van der Waals surface area contributed by atoms with E-state index >= 15 is 0 Å². The zero-order chi connectivity index (χ0) is 29.9. The largest absolute Gasteiger partial charge is 0.508 e. The SMILES string of the molecule is CCOC(=O)CCNC(=O)C(c1ccccc1O)N(C(=O)C(Cc1ccccc1)NC(=O)OC(C)(C)C)C(C)C. The highest BCUT2D eigenvalue weighted by molar-refractivity contribution is 5.93. The van der Waals surface area contributed by atoms with E-state index in [1.807, 2.05) is 30.3 Å². The third-order valence-electron chi connectivity index (χ3n) is 5.77. The van der Waals surface area contributed by atoms with E-state index in [0.717, 1.165) is 5.56 Å². The minimum Gasteiger partial charge on any atom is -0.508 e. The summed E-state index contributed by atoms with van der Waals surface area (Å²) < 4.78 is 10.3. The Kier molecular flexibility index (Phi) is 12.0. The van der Waals surface area contributed by atoms with Gasteiger partial charge in [0, 0.05) is 24.6 Å². The summed E-state index contributed by atoms with van der Waals surface area (Å²) in [5.41, 5.74) is 0.201. The first kappa shape index (κ1) is 32.1. The van der Waals surface area contributed by atoms with Gasteiger partial charge in [0.1, 0.15) is 23.4 Å². The molecule has 0 fully saturated rings. The van der Waals surface area contributed by atoms with Crippen molar-refractivity contribution in [3.63, 3.8) is 0 Å². The molecule has 10 heteroatoms. The molecule has 0 heterocycles. The van der Waals surface area contributed by atoms with Crippen LogP contribution < -0.4 is 10.6 Å². The summed E-state index contributed by atoms with van der Waals surface area (Å²) in [5, 5.41) is 16.1. The van der Waals surface area contributed by atoms with E-state index < -0.39 is 47.6 Å². The molecule has 40 heavy (non-hydrogen) atoms. The van der Waals surface area contributed by atoms with Gasteiger partial charge in [-0.2, -0.15) is 0 Å². The number of hydrogen-bond acceptors (Lipinski definition) is 7. The number of nitrogens with one attached hydrogen (secondary N) is 2. The first-order valence-corrected chi connectivity index (χ1v) is 13.4. The number of hydrogen-bond donors (Lipinski definition) is 3.